The Kier molecular flexibility index (Phi) is 5.65. The number of H-pyrrole nitrogens is 2. The minimum atomic E-state index is -0.896. The minimum Gasteiger partial charge on any atom is -0.307 e. The Labute approximate surface area is 151 Å². The monoisotopic (exact) mass is 386 g/mol. The summed E-state index contributed by atoms with van der Waals surface area (Å²) in [6, 6.07) is 3.07. The summed E-state index contributed by atoms with van der Waals surface area (Å²) in [5.74, 6) is -1.75. The van der Waals surface area contributed by atoms with Crippen LogP contribution in [0.4, 0.5) is 8.78 Å². The number of fused-ring (bicyclic) bond motifs is 1. The SMILES string of the molecule is CC.Cc1c(-c2cc(Cl)c(F)cc2F)c(Cl)cc2c(=O)[nH]c(=O)[nH]c12. The van der Waals surface area contributed by atoms with Crippen molar-refractivity contribution in [2.75, 3.05) is 0 Å². The third-order valence-corrected chi connectivity index (χ3v) is 4.11. The van der Waals surface area contributed by atoms with Gasteiger partial charge in [-0.2, -0.15) is 0 Å². The van der Waals surface area contributed by atoms with Gasteiger partial charge in [-0.1, -0.05) is 37.0 Å². The molecule has 1 heterocycles. The molecule has 0 aliphatic heterocycles. The van der Waals surface area contributed by atoms with Gasteiger partial charge in [-0.05, 0) is 24.6 Å². The van der Waals surface area contributed by atoms with Crippen LogP contribution in [-0.4, -0.2) is 9.97 Å². The van der Waals surface area contributed by atoms with E-state index in [0.29, 0.717) is 11.6 Å². The lowest BCUT2D eigenvalue weighted by atomic mass is 9.97. The van der Waals surface area contributed by atoms with Crippen LogP contribution in [-0.2, 0) is 0 Å². The highest BCUT2D eigenvalue weighted by Crippen LogP contribution is 2.37. The first-order chi connectivity index (χ1) is 11.8. The van der Waals surface area contributed by atoms with Gasteiger partial charge in [0, 0.05) is 22.2 Å². The van der Waals surface area contributed by atoms with Crippen LogP contribution in [0.1, 0.15) is 19.4 Å². The van der Waals surface area contributed by atoms with Gasteiger partial charge in [0.1, 0.15) is 11.6 Å². The van der Waals surface area contributed by atoms with Crippen LogP contribution in [0.5, 0.6) is 0 Å². The molecule has 0 saturated carbocycles. The third kappa shape index (κ3) is 3.45. The Bertz CT molecular complexity index is 1070. The first-order valence-electron chi connectivity index (χ1n) is 7.40. The second-order valence-electron chi connectivity index (χ2n) is 4.94. The lowest BCUT2D eigenvalue weighted by molar-refractivity contribution is 0.586. The maximum atomic E-state index is 14.1. The van der Waals surface area contributed by atoms with Crippen molar-refractivity contribution in [3.05, 3.63) is 66.3 Å². The molecule has 0 saturated heterocycles. The van der Waals surface area contributed by atoms with Crippen molar-refractivity contribution in [3.63, 3.8) is 0 Å². The minimum absolute atomic E-state index is 0.0260. The summed E-state index contributed by atoms with van der Waals surface area (Å²) in [5.41, 5.74) is -0.522. The molecule has 0 amide bonds. The predicted octanol–water partition coefficient (Wildman–Crippen LogP) is 4.80. The topological polar surface area (TPSA) is 65.7 Å². The van der Waals surface area contributed by atoms with E-state index in [2.05, 4.69) is 9.97 Å². The predicted molar refractivity (Wildman–Crippen MR) is 96.6 cm³/mol. The van der Waals surface area contributed by atoms with Gasteiger partial charge in [-0.15, -0.1) is 0 Å². The maximum Gasteiger partial charge on any atom is 0.326 e. The molecule has 0 radical (unpaired) electrons. The normalized spacial score (nSPS) is 10.5. The van der Waals surface area contributed by atoms with Gasteiger partial charge in [0.25, 0.3) is 5.56 Å². The molecule has 0 bridgehead atoms. The van der Waals surface area contributed by atoms with Gasteiger partial charge in [-0.3, -0.25) is 9.78 Å². The molecule has 2 N–H and O–H groups in total. The van der Waals surface area contributed by atoms with E-state index in [-0.39, 0.29) is 32.1 Å². The molecular weight excluding hydrogens is 373 g/mol. The highest BCUT2D eigenvalue weighted by molar-refractivity contribution is 6.35. The number of halogens is 4. The van der Waals surface area contributed by atoms with Gasteiger partial charge < -0.3 is 4.98 Å². The molecule has 4 nitrogen and oxygen atoms in total. The molecule has 0 aliphatic rings. The molecule has 8 heteroatoms. The van der Waals surface area contributed by atoms with Crippen molar-refractivity contribution in [1.82, 2.24) is 9.97 Å². The van der Waals surface area contributed by atoms with Crippen LogP contribution < -0.4 is 11.2 Å². The first kappa shape index (κ1) is 19.1. The fourth-order valence-corrected chi connectivity index (χ4v) is 2.99. The van der Waals surface area contributed by atoms with Crippen molar-refractivity contribution in [2.24, 2.45) is 0 Å². The van der Waals surface area contributed by atoms with Crippen LogP contribution >= 0.6 is 23.2 Å². The summed E-state index contributed by atoms with van der Waals surface area (Å²) in [4.78, 5) is 27.9. The number of benzene rings is 2. The zero-order chi connectivity index (χ0) is 18.9. The Balaban J connectivity index is 0.00000109. The molecule has 25 heavy (non-hydrogen) atoms. The lowest BCUT2D eigenvalue weighted by Gasteiger charge is -2.13. The molecule has 2 aromatic carbocycles. The Morgan fingerprint density at radius 1 is 0.920 bits per heavy atom. The molecule has 132 valence electrons. The van der Waals surface area contributed by atoms with Crippen molar-refractivity contribution < 1.29 is 8.78 Å². The third-order valence-electron chi connectivity index (χ3n) is 3.52. The van der Waals surface area contributed by atoms with Gasteiger partial charge in [0.15, 0.2) is 0 Å². The Morgan fingerprint density at radius 2 is 1.56 bits per heavy atom. The smallest absolute Gasteiger partial charge is 0.307 e. The van der Waals surface area contributed by atoms with Crippen LogP contribution in [0.2, 0.25) is 10.0 Å². The quantitative estimate of drug-likeness (QED) is 0.589. The van der Waals surface area contributed by atoms with Gasteiger partial charge >= 0.3 is 5.69 Å². The largest absolute Gasteiger partial charge is 0.326 e. The van der Waals surface area contributed by atoms with Crippen LogP contribution in [0.3, 0.4) is 0 Å². The first-order valence-corrected chi connectivity index (χ1v) is 8.15. The lowest BCUT2D eigenvalue weighted by Crippen LogP contribution is -2.22. The van der Waals surface area contributed by atoms with Crippen LogP contribution in [0.15, 0.2) is 27.8 Å². The fourth-order valence-electron chi connectivity index (χ4n) is 2.48. The number of aromatic amines is 2. The molecule has 0 atom stereocenters. The second kappa shape index (κ2) is 7.37. The van der Waals surface area contributed by atoms with Crippen LogP contribution in [0.25, 0.3) is 22.0 Å². The molecule has 0 unspecified atom stereocenters. The summed E-state index contributed by atoms with van der Waals surface area (Å²) in [6.45, 7) is 5.57. The zero-order valence-electron chi connectivity index (χ0n) is 13.6. The molecule has 3 aromatic rings. The summed E-state index contributed by atoms with van der Waals surface area (Å²) in [5, 5.41) is -0.0324. The highest BCUT2D eigenvalue weighted by Gasteiger charge is 2.18. The molecule has 0 aliphatic carbocycles. The summed E-state index contributed by atoms with van der Waals surface area (Å²) < 4.78 is 27.5. The number of hydrogen-bond acceptors (Lipinski definition) is 2. The Morgan fingerprint density at radius 3 is 2.20 bits per heavy atom. The summed E-state index contributed by atoms with van der Waals surface area (Å²) in [6.07, 6.45) is 0. The number of nitrogens with one attached hydrogen (secondary N) is 2. The van der Waals surface area contributed by atoms with E-state index >= 15 is 0 Å². The van der Waals surface area contributed by atoms with E-state index in [0.717, 1.165) is 6.07 Å². The average Bonchev–Trinajstić information content (AvgIpc) is 2.55. The molecule has 0 fully saturated rings. The zero-order valence-corrected chi connectivity index (χ0v) is 15.1. The van der Waals surface area contributed by atoms with Crippen molar-refractivity contribution in [3.8, 4) is 11.1 Å². The molecule has 0 spiro atoms. The van der Waals surface area contributed by atoms with E-state index in [1.54, 1.807) is 6.92 Å². The van der Waals surface area contributed by atoms with E-state index in [9.17, 15) is 18.4 Å². The Hall–Kier alpha value is -2.18. The number of aryl methyl sites for hydroxylation is 1. The number of aromatic nitrogens is 2. The van der Waals surface area contributed by atoms with E-state index in [4.69, 9.17) is 23.2 Å². The molecule has 3 rings (SSSR count). The average molecular weight is 387 g/mol. The standard InChI is InChI=1S/C15H8Cl2F2N2O2.C2H6/c1-5-12(6-2-8(16)11(19)4-10(6)18)9(17)3-7-13(5)20-15(23)21-14(7)22;1-2/h2-4H,1H3,(H2,20,21,22,23);1-2H3. The highest BCUT2D eigenvalue weighted by atomic mass is 35.5. The fraction of sp³-hybridized carbons (Fsp3) is 0.176. The van der Waals surface area contributed by atoms with Gasteiger partial charge in [-0.25, -0.2) is 13.6 Å². The van der Waals surface area contributed by atoms with E-state index < -0.39 is 22.9 Å². The number of hydrogen-bond donors (Lipinski definition) is 2. The van der Waals surface area contributed by atoms with Crippen molar-refractivity contribution in [2.45, 2.75) is 20.8 Å². The second-order valence-corrected chi connectivity index (χ2v) is 5.75. The van der Waals surface area contributed by atoms with Gasteiger partial charge in [0.05, 0.1) is 15.9 Å². The van der Waals surface area contributed by atoms with Crippen molar-refractivity contribution in [1.29, 1.82) is 0 Å². The van der Waals surface area contributed by atoms with Gasteiger partial charge in [0.2, 0.25) is 0 Å². The van der Waals surface area contributed by atoms with E-state index in [1.165, 1.54) is 6.07 Å². The number of rotatable bonds is 1. The van der Waals surface area contributed by atoms with Crippen molar-refractivity contribution >= 4 is 34.1 Å². The van der Waals surface area contributed by atoms with Crippen LogP contribution in [0, 0.1) is 18.6 Å². The summed E-state index contributed by atoms with van der Waals surface area (Å²) in [7, 11) is 0. The molecule has 1 aromatic heterocycles. The molecular formula is C17H14Cl2F2N2O2. The maximum absolute atomic E-state index is 14.1. The summed E-state index contributed by atoms with van der Waals surface area (Å²) >= 11 is 11.9. The van der Waals surface area contributed by atoms with E-state index in [1.807, 2.05) is 13.8 Å².